The number of imide groups is 1. The van der Waals surface area contributed by atoms with Gasteiger partial charge in [-0.25, -0.2) is 4.79 Å². The van der Waals surface area contributed by atoms with Crippen molar-refractivity contribution in [1.82, 2.24) is 10.6 Å². The zero-order chi connectivity index (χ0) is 17.6. The van der Waals surface area contributed by atoms with Gasteiger partial charge in [0.15, 0.2) is 6.54 Å². The van der Waals surface area contributed by atoms with E-state index in [2.05, 4.69) is 48.7 Å². The van der Waals surface area contributed by atoms with Crippen LogP contribution in [0.5, 0.6) is 0 Å². The van der Waals surface area contributed by atoms with Gasteiger partial charge in [0.25, 0.3) is 5.91 Å². The smallest absolute Gasteiger partial charge is 0.322 e. The third-order valence-corrected chi connectivity index (χ3v) is 3.36. The van der Waals surface area contributed by atoms with Crippen molar-refractivity contribution in [3.8, 4) is 0 Å². The van der Waals surface area contributed by atoms with Crippen LogP contribution >= 0.6 is 0 Å². The Balaban J connectivity index is 2.45. The average Bonchev–Trinajstić information content (AvgIpc) is 2.36. The van der Waals surface area contributed by atoms with Gasteiger partial charge in [-0.1, -0.05) is 38.1 Å². The molecule has 23 heavy (non-hydrogen) atoms. The molecule has 0 aliphatic heterocycles. The van der Waals surface area contributed by atoms with Gasteiger partial charge in [0.1, 0.15) is 6.54 Å². The van der Waals surface area contributed by atoms with Crippen molar-refractivity contribution in [3.63, 3.8) is 0 Å². The highest BCUT2D eigenvalue weighted by atomic mass is 16.2. The second kappa shape index (κ2) is 8.11. The van der Waals surface area contributed by atoms with Crippen molar-refractivity contribution in [2.75, 3.05) is 13.6 Å². The number of quaternary nitrogens is 1. The maximum absolute atomic E-state index is 11.9. The SMILES string of the molecule is CC(C)c1ccc(C[NH+](C)CC(=O)NC(=O)NC(C)(C)C)cc1. The molecule has 5 heteroatoms. The van der Waals surface area contributed by atoms with Crippen molar-refractivity contribution >= 4 is 11.9 Å². The highest BCUT2D eigenvalue weighted by Gasteiger charge is 2.17. The molecule has 0 aliphatic rings. The summed E-state index contributed by atoms with van der Waals surface area (Å²) in [5.41, 5.74) is 2.13. The van der Waals surface area contributed by atoms with E-state index < -0.39 is 6.03 Å². The molecule has 0 saturated carbocycles. The summed E-state index contributed by atoms with van der Waals surface area (Å²) < 4.78 is 0. The Bertz CT molecular complexity index is 530. The van der Waals surface area contributed by atoms with Crippen LogP contribution in [0.3, 0.4) is 0 Å². The zero-order valence-corrected chi connectivity index (χ0v) is 15.1. The van der Waals surface area contributed by atoms with Gasteiger partial charge in [-0.15, -0.1) is 0 Å². The molecule has 1 aromatic carbocycles. The first-order valence-electron chi connectivity index (χ1n) is 8.09. The van der Waals surface area contributed by atoms with Crippen molar-refractivity contribution in [3.05, 3.63) is 35.4 Å². The van der Waals surface area contributed by atoms with E-state index in [9.17, 15) is 9.59 Å². The predicted octanol–water partition coefficient (Wildman–Crippen LogP) is 1.45. The highest BCUT2D eigenvalue weighted by Crippen LogP contribution is 2.14. The van der Waals surface area contributed by atoms with Gasteiger partial charge in [-0.05, 0) is 32.3 Å². The molecule has 0 spiro atoms. The molecule has 5 nitrogen and oxygen atoms in total. The number of hydrogen-bond donors (Lipinski definition) is 3. The molecule has 0 bridgehead atoms. The summed E-state index contributed by atoms with van der Waals surface area (Å²) in [5.74, 6) is 0.240. The highest BCUT2D eigenvalue weighted by molar-refractivity contribution is 5.94. The second-order valence-corrected chi connectivity index (χ2v) is 7.46. The Labute approximate surface area is 139 Å². The standard InChI is InChI=1S/C18H29N3O2/c1-13(2)15-9-7-14(8-10-15)11-21(6)12-16(22)19-17(23)20-18(3,4)5/h7-10,13H,11-12H2,1-6H3,(H2,19,20,22,23)/p+1. The third kappa shape index (κ3) is 7.79. The molecule has 3 N–H and O–H groups in total. The molecule has 1 rings (SSSR count). The molecule has 0 heterocycles. The van der Waals surface area contributed by atoms with Crippen LogP contribution in [0.15, 0.2) is 24.3 Å². The van der Waals surface area contributed by atoms with Crippen LogP contribution in [0.2, 0.25) is 0 Å². The van der Waals surface area contributed by atoms with E-state index in [1.165, 1.54) is 11.1 Å². The largest absolute Gasteiger partial charge is 0.333 e. The summed E-state index contributed by atoms with van der Waals surface area (Å²) in [7, 11) is 1.94. The number of benzene rings is 1. The topological polar surface area (TPSA) is 62.6 Å². The molecule has 128 valence electrons. The minimum atomic E-state index is -0.448. The molecule has 0 radical (unpaired) electrons. The van der Waals surface area contributed by atoms with E-state index >= 15 is 0 Å². The Morgan fingerprint density at radius 3 is 2.17 bits per heavy atom. The van der Waals surface area contributed by atoms with Crippen molar-refractivity contribution < 1.29 is 14.5 Å². The number of urea groups is 1. The normalized spacial score (nSPS) is 12.8. The number of rotatable bonds is 5. The van der Waals surface area contributed by atoms with Crippen LogP contribution in [-0.2, 0) is 11.3 Å². The molecule has 0 saturated heterocycles. The van der Waals surface area contributed by atoms with Gasteiger partial charge >= 0.3 is 6.03 Å². The fraction of sp³-hybridized carbons (Fsp3) is 0.556. The summed E-state index contributed by atoms with van der Waals surface area (Å²) in [6.45, 7) is 10.9. The lowest BCUT2D eigenvalue weighted by atomic mass is 10.0. The minimum absolute atomic E-state index is 0.253. The van der Waals surface area contributed by atoms with Crippen LogP contribution in [0.25, 0.3) is 0 Å². The number of carbonyl (C=O) groups is 2. The maximum atomic E-state index is 11.9. The van der Waals surface area contributed by atoms with Crippen LogP contribution in [0.4, 0.5) is 4.79 Å². The molecule has 0 fully saturated rings. The van der Waals surface area contributed by atoms with Gasteiger partial charge in [-0.3, -0.25) is 10.1 Å². The van der Waals surface area contributed by atoms with Crippen LogP contribution in [0.1, 0.15) is 51.7 Å². The lowest BCUT2D eigenvalue weighted by molar-refractivity contribution is -0.885. The lowest BCUT2D eigenvalue weighted by Gasteiger charge is -2.20. The Kier molecular flexibility index (Phi) is 6.76. The number of likely N-dealkylation sites (N-methyl/N-ethyl adjacent to an activating group) is 1. The molecule has 0 aromatic heterocycles. The molecule has 1 aromatic rings. The molecule has 1 unspecified atom stereocenters. The molecule has 0 aliphatic carbocycles. The van der Waals surface area contributed by atoms with Gasteiger partial charge in [-0.2, -0.15) is 0 Å². The number of hydrogen-bond acceptors (Lipinski definition) is 2. The first kappa shape index (κ1) is 19.2. The third-order valence-electron chi connectivity index (χ3n) is 3.36. The summed E-state index contributed by atoms with van der Waals surface area (Å²) in [4.78, 5) is 24.6. The van der Waals surface area contributed by atoms with E-state index in [1.807, 2.05) is 27.8 Å². The summed E-state index contributed by atoms with van der Waals surface area (Å²) in [5, 5.41) is 5.08. The zero-order valence-electron chi connectivity index (χ0n) is 15.1. The first-order valence-corrected chi connectivity index (χ1v) is 8.09. The predicted molar refractivity (Wildman–Crippen MR) is 92.4 cm³/mol. The van der Waals surface area contributed by atoms with E-state index in [4.69, 9.17) is 0 Å². The number of nitrogens with one attached hydrogen (secondary N) is 3. The lowest BCUT2D eigenvalue weighted by Crippen LogP contribution is -3.09. The number of amides is 3. The molecule has 3 amide bonds. The molecule has 1 atom stereocenters. The summed E-state index contributed by atoms with van der Waals surface area (Å²) in [6.07, 6.45) is 0. The van der Waals surface area contributed by atoms with Crippen molar-refractivity contribution in [2.24, 2.45) is 0 Å². The van der Waals surface area contributed by atoms with Crippen molar-refractivity contribution in [1.29, 1.82) is 0 Å². The van der Waals surface area contributed by atoms with Gasteiger partial charge < -0.3 is 10.2 Å². The molecular formula is C18H30N3O2+. The van der Waals surface area contributed by atoms with Crippen LogP contribution < -0.4 is 15.5 Å². The van der Waals surface area contributed by atoms with E-state index in [-0.39, 0.29) is 18.0 Å². The monoisotopic (exact) mass is 320 g/mol. The summed E-state index contributed by atoms with van der Waals surface area (Å²) >= 11 is 0. The van der Waals surface area contributed by atoms with Crippen LogP contribution in [-0.4, -0.2) is 31.1 Å². The van der Waals surface area contributed by atoms with Gasteiger partial charge in [0.05, 0.1) is 7.05 Å². The first-order chi connectivity index (χ1) is 10.6. The fourth-order valence-electron chi connectivity index (χ4n) is 2.25. The Morgan fingerprint density at radius 2 is 1.70 bits per heavy atom. The quantitative estimate of drug-likeness (QED) is 0.769. The van der Waals surface area contributed by atoms with E-state index in [0.29, 0.717) is 5.92 Å². The fourth-order valence-corrected chi connectivity index (χ4v) is 2.25. The average molecular weight is 320 g/mol. The Morgan fingerprint density at radius 1 is 1.13 bits per heavy atom. The minimum Gasteiger partial charge on any atom is -0.333 e. The summed E-state index contributed by atoms with van der Waals surface area (Å²) in [6, 6.07) is 8.01. The van der Waals surface area contributed by atoms with Gasteiger partial charge in [0.2, 0.25) is 0 Å². The number of carbonyl (C=O) groups excluding carboxylic acids is 2. The molecular weight excluding hydrogens is 290 g/mol. The van der Waals surface area contributed by atoms with Crippen molar-refractivity contribution in [2.45, 2.75) is 52.6 Å². The maximum Gasteiger partial charge on any atom is 0.322 e. The Hall–Kier alpha value is -1.88. The van der Waals surface area contributed by atoms with E-state index in [1.54, 1.807) is 0 Å². The second-order valence-electron chi connectivity index (χ2n) is 7.46. The van der Waals surface area contributed by atoms with Crippen LogP contribution in [0, 0.1) is 0 Å². The van der Waals surface area contributed by atoms with Gasteiger partial charge in [0, 0.05) is 11.1 Å². The van der Waals surface area contributed by atoms with E-state index in [0.717, 1.165) is 11.4 Å².